The van der Waals surface area contributed by atoms with Crippen molar-refractivity contribution in [2.24, 2.45) is 0 Å². The Morgan fingerprint density at radius 1 is 0.757 bits per heavy atom. The summed E-state index contributed by atoms with van der Waals surface area (Å²) in [6.07, 6.45) is -0.896. The third-order valence-electron chi connectivity index (χ3n) is 7.18. The molecule has 0 heterocycles. The SMILES string of the molecule is O=C(O)C[C@@H](NC(=O)OCC1c2ccccc2-c2ccccc21)c1c2ccccc2cc2ccccc12. The van der Waals surface area contributed by atoms with Crippen LogP contribution in [0.25, 0.3) is 32.7 Å². The summed E-state index contributed by atoms with van der Waals surface area (Å²) >= 11 is 0. The van der Waals surface area contributed by atoms with Crippen molar-refractivity contribution in [3.05, 3.63) is 120 Å². The molecule has 2 N–H and O–H groups in total. The molecule has 5 aromatic rings. The molecule has 5 aromatic carbocycles. The van der Waals surface area contributed by atoms with Gasteiger partial charge in [0.1, 0.15) is 6.61 Å². The maximum absolute atomic E-state index is 13.1. The Labute approximate surface area is 214 Å². The van der Waals surface area contributed by atoms with Gasteiger partial charge in [0.05, 0.1) is 12.5 Å². The van der Waals surface area contributed by atoms with Crippen molar-refractivity contribution in [3.8, 4) is 11.1 Å². The van der Waals surface area contributed by atoms with Crippen LogP contribution >= 0.6 is 0 Å². The molecule has 0 bridgehead atoms. The molecule has 0 aliphatic heterocycles. The van der Waals surface area contributed by atoms with Gasteiger partial charge in [0.15, 0.2) is 0 Å². The topological polar surface area (TPSA) is 75.6 Å². The van der Waals surface area contributed by atoms with Gasteiger partial charge in [-0.05, 0) is 55.4 Å². The lowest BCUT2D eigenvalue weighted by atomic mass is 9.91. The Morgan fingerprint density at radius 3 is 1.84 bits per heavy atom. The van der Waals surface area contributed by atoms with Gasteiger partial charge in [0.2, 0.25) is 0 Å². The molecule has 6 rings (SSSR count). The van der Waals surface area contributed by atoms with Gasteiger partial charge >= 0.3 is 12.1 Å². The number of rotatable bonds is 6. The van der Waals surface area contributed by atoms with E-state index < -0.39 is 18.1 Å². The predicted octanol–water partition coefficient (Wildman–Crippen LogP) is 7.05. The predicted molar refractivity (Wildman–Crippen MR) is 145 cm³/mol. The zero-order valence-corrected chi connectivity index (χ0v) is 20.1. The second-order valence-electron chi connectivity index (χ2n) is 9.35. The van der Waals surface area contributed by atoms with Crippen molar-refractivity contribution in [2.75, 3.05) is 6.61 Å². The van der Waals surface area contributed by atoms with Gasteiger partial charge in [-0.1, -0.05) is 97.1 Å². The standard InChI is InChI=1S/C32H25NO4/c34-30(35)18-29(31-22-11-3-1-9-20(22)17-21-10-2-4-12-23(21)31)33-32(36)37-19-28-26-15-7-5-13-24(26)25-14-6-8-16-27(25)28/h1-17,28-29H,18-19H2,(H,33,36)(H,34,35)/t29-/m1/s1. The minimum absolute atomic E-state index is 0.0746. The highest BCUT2D eigenvalue weighted by Gasteiger charge is 2.30. The van der Waals surface area contributed by atoms with Gasteiger partial charge in [-0.25, -0.2) is 4.79 Å². The minimum atomic E-state index is -0.999. The fourth-order valence-corrected chi connectivity index (χ4v) is 5.61. The largest absolute Gasteiger partial charge is 0.481 e. The van der Waals surface area contributed by atoms with Gasteiger partial charge in [0, 0.05) is 5.92 Å². The highest BCUT2D eigenvalue weighted by Crippen LogP contribution is 2.44. The van der Waals surface area contributed by atoms with Crippen LogP contribution in [0.3, 0.4) is 0 Å². The van der Waals surface area contributed by atoms with Crippen molar-refractivity contribution in [3.63, 3.8) is 0 Å². The van der Waals surface area contributed by atoms with Crippen LogP contribution in [0.4, 0.5) is 4.79 Å². The average molecular weight is 488 g/mol. The lowest BCUT2D eigenvalue weighted by Crippen LogP contribution is -2.32. The lowest BCUT2D eigenvalue weighted by molar-refractivity contribution is -0.137. The molecule has 37 heavy (non-hydrogen) atoms. The number of fused-ring (bicyclic) bond motifs is 5. The summed E-state index contributed by atoms with van der Waals surface area (Å²) in [6, 6.07) is 33.3. The van der Waals surface area contributed by atoms with Gasteiger partial charge in [-0.15, -0.1) is 0 Å². The van der Waals surface area contributed by atoms with Gasteiger partial charge in [-0.3, -0.25) is 4.79 Å². The number of benzene rings is 5. The molecule has 1 aliphatic rings. The highest BCUT2D eigenvalue weighted by molar-refractivity contribution is 6.03. The number of carbonyl (C=O) groups is 2. The zero-order valence-electron chi connectivity index (χ0n) is 20.1. The third kappa shape index (κ3) is 4.19. The van der Waals surface area contributed by atoms with Crippen LogP contribution in [0.15, 0.2) is 103 Å². The number of aliphatic carboxylic acids is 1. The quantitative estimate of drug-likeness (QED) is 0.252. The first-order valence-corrected chi connectivity index (χ1v) is 12.3. The Kier molecular flexibility index (Phi) is 5.81. The molecule has 1 atom stereocenters. The molecule has 1 amide bonds. The second-order valence-corrected chi connectivity index (χ2v) is 9.35. The normalized spacial score (nSPS) is 13.2. The molecule has 1 aliphatic carbocycles. The number of carboxylic acid groups (broad SMARTS) is 1. The van der Waals surface area contributed by atoms with E-state index in [0.29, 0.717) is 0 Å². The summed E-state index contributed by atoms with van der Waals surface area (Å²) in [5, 5.41) is 16.4. The van der Waals surface area contributed by atoms with E-state index in [-0.39, 0.29) is 18.9 Å². The summed E-state index contributed by atoms with van der Waals surface area (Å²) in [7, 11) is 0. The lowest BCUT2D eigenvalue weighted by Gasteiger charge is -2.22. The van der Waals surface area contributed by atoms with Crippen molar-refractivity contribution < 1.29 is 19.4 Å². The van der Waals surface area contributed by atoms with Crippen molar-refractivity contribution in [2.45, 2.75) is 18.4 Å². The van der Waals surface area contributed by atoms with Gasteiger partial charge < -0.3 is 15.2 Å². The number of amides is 1. The monoisotopic (exact) mass is 487 g/mol. The van der Waals surface area contributed by atoms with E-state index in [0.717, 1.165) is 49.4 Å². The van der Waals surface area contributed by atoms with Crippen LogP contribution in [0.5, 0.6) is 0 Å². The summed E-state index contributed by atoms with van der Waals surface area (Å²) in [5.74, 6) is -1.07. The third-order valence-corrected chi connectivity index (χ3v) is 7.18. The van der Waals surface area contributed by atoms with Crippen molar-refractivity contribution >= 4 is 33.6 Å². The fourth-order valence-electron chi connectivity index (χ4n) is 5.61. The number of ether oxygens (including phenoxy) is 1. The molecule has 0 saturated heterocycles. The van der Waals surface area contributed by atoms with E-state index in [4.69, 9.17) is 4.74 Å². The Morgan fingerprint density at radius 2 is 1.27 bits per heavy atom. The Bertz CT molecular complexity index is 1560. The molecular weight excluding hydrogens is 462 g/mol. The average Bonchev–Trinajstić information content (AvgIpc) is 3.23. The second kappa shape index (κ2) is 9.43. The minimum Gasteiger partial charge on any atom is -0.481 e. The first-order valence-electron chi connectivity index (χ1n) is 12.3. The van der Waals surface area contributed by atoms with Crippen LogP contribution < -0.4 is 5.32 Å². The van der Waals surface area contributed by atoms with E-state index in [1.54, 1.807) is 0 Å². The molecule has 5 heteroatoms. The van der Waals surface area contributed by atoms with Crippen LogP contribution in [-0.4, -0.2) is 23.8 Å². The smallest absolute Gasteiger partial charge is 0.407 e. The van der Waals surface area contributed by atoms with Crippen LogP contribution in [0.1, 0.15) is 35.1 Å². The summed E-state index contributed by atoms with van der Waals surface area (Å²) < 4.78 is 5.75. The summed E-state index contributed by atoms with van der Waals surface area (Å²) in [6.45, 7) is 0.163. The van der Waals surface area contributed by atoms with E-state index in [1.807, 2.05) is 72.8 Å². The van der Waals surface area contributed by atoms with Crippen LogP contribution in [0, 0.1) is 0 Å². The Balaban J connectivity index is 1.31. The number of carbonyl (C=O) groups excluding carboxylic acids is 1. The van der Waals surface area contributed by atoms with Crippen LogP contribution in [-0.2, 0) is 9.53 Å². The first-order chi connectivity index (χ1) is 18.1. The van der Waals surface area contributed by atoms with Gasteiger partial charge in [0.25, 0.3) is 0 Å². The molecule has 5 nitrogen and oxygen atoms in total. The van der Waals surface area contributed by atoms with E-state index in [2.05, 4.69) is 35.6 Å². The maximum Gasteiger partial charge on any atom is 0.407 e. The number of nitrogens with one attached hydrogen (secondary N) is 1. The number of hydrogen-bond acceptors (Lipinski definition) is 3. The molecule has 0 saturated carbocycles. The molecule has 0 aromatic heterocycles. The van der Waals surface area contributed by atoms with E-state index in [9.17, 15) is 14.7 Å². The van der Waals surface area contributed by atoms with E-state index in [1.165, 1.54) is 0 Å². The van der Waals surface area contributed by atoms with E-state index >= 15 is 0 Å². The molecule has 0 fully saturated rings. The Hall–Kier alpha value is -4.64. The zero-order chi connectivity index (χ0) is 25.4. The maximum atomic E-state index is 13.1. The molecule has 0 unspecified atom stereocenters. The number of carboxylic acids is 1. The highest BCUT2D eigenvalue weighted by atomic mass is 16.5. The summed E-state index contributed by atoms with van der Waals surface area (Å²) in [4.78, 5) is 25.0. The molecule has 0 radical (unpaired) electrons. The fraction of sp³-hybridized carbons (Fsp3) is 0.125. The van der Waals surface area contributed by atoms with Crippen LogP contribution in [0.2, 0.25) is 0 Å². The summed E-state index contributed by atoms with van der Waals surface area (Å²) in [5.41, 5.74) is 5.33. The molecule has 182 valence electrons. The van der Waals surface area contributed by atoms with Crippen molar-refractivity contribution in [1.29, 1.82) is 0 Å². The van der Waals surface area contributed by atoms with Gasteiger partial charge in [-0.2, -0.15) is 0 Å². The number of hydrogen-bond donors (Lipinski definition) is 2. The van der Waals surface area contributed by atoms with Crippen molar-refractivity contribution in [1.82, 2.24) is 5.32 Å². The first kappa shape index (κ1) is 22.8. The molecule has 0 spiro atoms. The number of alkyl carbamates (subject to hydrolysis) is 1. The molecular formula is C32H25NO4.